The van der Waals surface area contributed by atoms with Crippen molar-refractivity contribution in [1.29, 1.82) is 0 Å². The summed E-state index contributed by atoms with van der Waals surface area (Å²) in [5, 5.41) is 9.94. The summed E-state index contributed by atoms with van der Waals surface area (Å²) in [6.07, 6.45) is 0. The Labute approximate surface area is 144 Å². The van der Waals surface area contributed by atoms with Gasteiger partial charge < -0.3 is 14.7 Å². The van der Waals surface area contributed by atoms with Gasteiger partial charge in [0.2, 0.25) is 11.7 Å². The van der Waals surface area contributed by atoms with E-state index in [1.54, 1.807) is 31.0 Å². The summed E-state index contributed by atoms with van der Waals surface area (Å²) in [5.74, 6) is -1.33. The largest absolute Gasteiger partial charge is 0.486 e. The second-order valence-corrected chi connectivity index (χ2v) is 5.61. The van der Waals surface area contributed by atoms with Crippen LogP contribution in [0.1, 0.15) is 23.0 Å². The molecule has 128 valence electrons. The maximum atomic E-state index is 12.4. The zero-order chi connectivity index (χ0) is 17.9. The van der Waals surface area contributed by atoms with Crippen LogP contribution >= 0.6 is 11.6 Å². The molecule has 0 saturated heterocycles. The lowest BCUT2D eigenvalue weighted by atomic mass is 10.2. The lowest BCUT2D eigenvalue weighted by Crippen LogP contribution is -2.31. The molecule has 0 unspecified atom stereocenters. The molecule has 0 bridgehead atoms. The minimum atomic E-state index is -1.31. The third kappa shape index (κ3) is 3.68. The summed E-state index contributed by atoms with van der Waals surface area (Å²) in [5.41, 5.74) is 0.0158. The highest BCUT2D eigenvalue weighted by atomic mass is 35.5. The number of carboxylic acid groups (broad SMARTS) is 1. The first kappa shape index (κ1) is 17.8. The number of halogens is 1. The maximum absolute atomic E-state index is 12.4. The molecule has 24 heavy (non-hydrogen) atoms. The van der Waals surface area contributed by atoms with Crippen LogP contribution in [0, 0.1) is 0 Å². The van der Waals surface area contributed by atoms with Crippen LogP contribution in [0.4, 0.5) is 5.95 Å². The molecule has 0 aliphatic carbocycles. The fourth-order valence-electron chi connectivity index (χ4n) is 2.27. The predicted octanol–water partition coefficient (Wildman–Crippen LogP) is 2.17. The summed E-state index contributed by atoms with van der Waals surface area (Å²) < 4.78 is 6.44. The van der Waals surface area contributed by atoms with E-state index in [0.717, 1.165) is 5.56 Å². The highest BCUT2D eigenvalue weighted by molar-refractivity contribution is 6.30. The molecule has 2 rings (SSSR count). The molecule has 0 saturated carbocycles. The van der Waals surface area contributed by atoms with Crippen LogP contribution in [0.5, 0.6) is 5.75 Å². The van der Waals surface area contributed by atoms with E-state index in [2.05, 4.69) is 4.98 Å². The van der Waals surface area contributed by atoms with Crippen molar-refractivity contribution in [2.45, 2.75) is 13.5 Å². The normalized spacial score (nSPS) is 10.5. The number of carboxylic acids is 1. The number of hydrogen-bond acceptors (Lipinski definition) is 5. The minimum Gasteiger partial charge on any atom is -0.486 e. The number of nitrogens with zero attached hydrogens (tertiary/aromatic N) is 3. The molecule has 2 aromatic rings. The Kier molecular flexibility index (Phi) is 5.46. The van der Waals surface area contributed by atoms with Gasteiger partial charge in [-0.15, -0.1) is 0 Å². The van der Waals surface area contributed by atoms with Gasteiger partial charge in [-0.3, -0.25) is 9.36 Å². The lowest BCUT2D eigenvalue weighted by Gasteiger charge is -2.22. The molecule has 0 radical (unpaired) electrons. The van der Waals surface area contributed by atoms with Crippen molar-refractivity contribution in [3.63, 3.8) is 0 Å². The van der Waals surface area contributed by atoms with Gasteiger partial charge in [0.25, 0.3) is 5.56 Å². The molecule has 7 nitrogen and oxygen atoms in total. The van der Waals surface area contributed by atoms with Crippen molar-refractivity contribution in [1.82, 2.24) is 9.55 Å². The molecule has 1 heterocycles. The Bertz CT molecular complexity index is 802. The van der Waals surface area contributed by atoms with Crippen molar-refractivity contribution in [2.24, 2.45) is 7.05 Å². The van der Waals surface area contributed by atoms with Gasteiger partial charge in [-0.05, 0) is 24.6 Å². The van der Waals surface area contributed by atoms with Gasteiger partial charge in [0.05, 0.1) is 6.61 Å². The number of benzene rings is 1. The highest BCUT2D eigenvalue weighted by Gasteiger charge is 2.22. The molecule has 0 fully saturated rings. The van der Waals surface area contributed by atoms with E-state index < -0.39 is 17.2 Å². The molecule has 0 atom stereocenters. The standard InChI is InChI=1S/C16H18ClN3O4/c1-4-24-13-12(15(22)23)18-16(20(3)14(13)21)19(2)9-10-5-7-11(17)8-6-10/h5-8H,4,9H2,1-3H3,(H,22,23). The number of aromatic nitrogens is 2. The average molecular weight is 352 g/mol. The van der Waals surface area contributed by atoms with Gasteiger partial charge in [-0.2, -0.15) is 0 Å². The molecule has 0 aliphatic heterocycles. The van der Waals surface area contributed by atoms with Crippen LogP contribution in [-0.4, -0.2) is 34.3 Å². The minimum absolute atomic E-state index is 0.178. The maximum Gasteiger partial charge on any atom is 0.358 e. The second-order valence-electron chi connectivity index (χ2n) is 5.17. The molecule has 1 aromatic carbocycles. The molecule has 0 aliphatic rings. The number of ether oxygens (including phenoxy) is 1. The molecular weight excluding hydrogens is 334 g/mol. The number of rotatable bonds is 6. The van der Waals surface area contributed by atoms with Crippen molar-refractivity contribution < 1.29 is 14.6 Å². The van der Waals surface area contributed by atoms with Gasteiger partial charge in [0.15, 0.2) is 5.69 Å². The van der Waals surface area contributed by atoms with Crippen LogP contribution in [0.25, 0.3) is 0 Å². The van der Waals surface area contributed by atoms with E-state index in [1.165, 1.54) is 11.6 Å². The van der Waals surface area contributed by atoms with Crippen molar-refractivity contribution in [2.75, 3.05) is 18.6 Å². The van der Waals surface area contributed by atoms with Crippen LogP contribution in [0.2, 0.25) is 5.02 Å². The third-order valence-corrected chi connectivity index (χ3v) is 3.64. The topological polar surface area (TPSA) is 84.7 Å². The van der Waals surface area contributed by atoms with Gasteiger partial charge in [-0.25, -0.2) is 9.78 Å². The summed E-state index contributed by atoms with van der Waals surface area (Å²) >= 11 is 5.86. The monoisotopic (exact) mass is 351 g/mol. The molecule has 8 heteroatoms. The van der Waals surface area contributed by atoms with Crippen LogP contribution in [-0.2, 0) is 13.6 Å². The highest BCUT2D eigenvalue weighted by Crippen LogP contribution is 2.18. The number of aromatic carboxylic acids is 1. The lowest BCUT2D eigenvalue weighted by molar-refractivity contribution is 0.0685. The van der Waals surface area contributed by atoms with E-state index in [9.17, 15) is 14.7 Å². The third-order valence-electron chi connectivity index (χ3n) is 3.39. The number of carbonyl (C=O) groups is 1. The molecule has 0 amide bonds. The first-order valence-corrected chi connectivity index (χ1v) is 7.65. The summed E-state index contributed by atoms with van der Waals surface area (Å²) in [4.78, 5) is 29.6. The fourth-order valence-corrected chi connectivity index (χ4v) is 2.39. The molecular formula is C16H18ClN3O4. The molecule has 1 aromatic heterocycles. The van der Waals surface area contributed by atoms with Gasteiger partial charge in [0.1, 0.15) is 0 Å². The Hall–Kier alpha value is -2.54. The predicted molar refractivity (Wildman–Crippen MR) is 91.2 cm³/mol. The zero-order valence-corrected chi connectivity index (χ0v) is 14.4. The zero-order valence-electron chi connectivity index (χ0n) is 13.6. The second kappa shape index (κ2) is 7.35. The Balaban J connectivity index is 2.43. The van der Waals surface area contributed by atoms with Crippen LogP contribution < -0.4 is 15.2 Å². The van der Waals surface area contributed by atoms with Crippen molar-refractivity contribution >= 4 is 23.5 Å². The summed E-state index contributed by atoms with van der Waals surface area (Å²) in [7, 11) is 3.25. The van der Waals surface area contributed by atoms with E-state index in [-0.39, 0.29) is 18.3 Å². The van der Waals surface area contributed by atoms with E-state index in [0.29, 0.717) is 11.6 Å². The van der Waals surface area contributed by atoms with E-state index in [1.807, 2.05) is 12.1 Å². The summed E-state index contributed by atoms with van der Waals surface area (Å²) in [6.45, 7) is 2.29. The SMILES string of the molecule is CCOc1c(C(=O)O)nc(N(C)Cc2ccc(Cl)cc2)n(C)c1=O. The first-order valence-electron chi connectivity index (χ1n) is 7.27. The van der Waals surface area contributed by atoms with Gasteiger partial charge in [0, 0.05) is 25.7 Å². The van der Waals surface area contributed by atoms with Crippen LogP contribution in [0.15, 0.2) is 29.1 Å². The Morgan fingerprint density at radius 1 is 1.38 bits per heavy atom. The van der Waals surface area contributed by atoms with E-state index >= 15 is 0 Å². The van der Waals surface area contributed by atoms with Crippen molar-refractivity contribution in [3.8, 4) is 5.75 Å². The van der Waals surface area contributed by atoms with E-state index in [4.69, 9.17) is 16.3 Å². The first-order chi connectivity index (χ1) is 11.3. The fraction of sp³-hybridized carbons (Fsp3) is 0.312. The van der Waals surface area contributed by atoms with Gasteiger partial charge >= 0.3 is 5.97 Å². The quantitative estimate of drug-likeness (QED) is 0.858. The Morgan fingerprint density at radius 2 is 2.00 bits per heavy atom. The smallest absolute Gasteiger partial charge is 0.358 e. The number of anilines is 1. The molecule has 1 N–H and O–H groups in total. The number of hydrogen-bond donors (Lipinski definition) is 1. The average Bonchev–Trinajstić information content (AvgIpc) is 2.54. The van der Waals surface area contributed by atoms with Crippen molar-refractivity contribution in [3.05, 3.63) is 50.9 Å². The van der Waals surface area contributed by atoms with Gasteiger partial charge in [-0.1, -0.05) is 23.7 Å². The Morgan fingerprint density at radius 3 is 2.54 bits per heavy atom. The summed E-state index contributed by atoms with van der Waals surface area (Å²) in [6, 6.07) is 7.23. The van der Waals surface area contributed by atoms with Crippen LogP contribution in [0.3, 0.4) is 0 Å². The molecule has 0 spiro atoms.